The molecule has 1 aliphatic rings. The molecule has 0 bridgehead atoms. The van der Waals surface area contributed by atoms with Gasteiger partial charge in [-0.3, -0.25) is 9.59 Å². The number of aryl methyl sites for hydroxylation is 1. The van der Waals surface area contributed by atoms with Crippen molar-refractivity contribution >= 4 is 23.2 Å². The number of fused-ring (bicyclic) bond motifs is 1. The van der Waals surface area contributed by atoms with Gasteiger partial charge < -0.3 is 15.0 Å². The number of carbonyl (C=O) groups excluding carboxylic acids is 2. The molecule has 3 rings (SSSR count). The Balaban J connectivity index is 1.49. The molecule has 2 heterocycles. The van der Waals surface area contributed by atoms with Gasteiger partial charge in [0.15, 0.2) is 0 Å². The van der Waals surface area contributed by atoms with Crippen LogP contribution in [0, 0.1) is 6.92 Å². The highest BCUT2D eigenvalue weighted by molar-refractivity contribution is 7.10. The number of rotatable bonds is 5. The number of methoxy groups -OCH3 is 1. The Hall–Kier alpha value is -2.34. The first kappa shape index (κ1) is 17.5. The van der Waals surface area contributed by atoms with Gasteiger partial charge in [0.05, 0.1) is 7.11 Å². The topological polar surface area (TPSA) is 58.6 Å². The Labute approximate surface area is 151 Å². The first-order chi connectivity index (χ1) is 12.1. The van der Waals surface area contributed by atoms with Gasteiger partial charge in [0.25, 0.3) is 5.91 Å². The van der Waals surface area contributed by atoms with Crippen LogP contribution in [0.25, 0.3) is 0 Å². The lowest BCUT2D eigenvalue weighted by atomic mass is 10.1. The van der Waals surface area contributed by atoms with Crippen molar-refractivity contribution < 1.29 is 14.3 Å². The van der Waals surface area contributed by atoms with Crippen molar-refractivity contribution in [2.24, 2.45) is 0 Å². The monoisotopic (exact) mass is 358 g/mol. The number of hydrogen-bond acceptors (Lipinski definition) is 4. The summed E-state index contributed by atoms with van der Waals surface area (Å²) in [5, 5.41) is 4.89. The molecule has 1 aromatic heterocycles. The molecule has 1 N–H and O–H groups in total. The molecule has 6 heteroatoms. The molecule has 132 valence electrons. The van der Waals surface area contributed by atoms with Crippen molar-refractivity contribution in [3.63, 3.8) is 0 Å². The molecule has 2 aromatic rings. The van der Waals surface area contributed by atoms with Gasteiger partial charge in [-0.15, -0.1) is 11.3 Å². The van der Waals surface area contributed by atoms with Gasteiger partial charge in [0.2, 0.25) is 5.91 Å². The fourth-order valence-electron chi connectivity index (χ4n) is 2.97. The molecule has 1 aliphatic heterocycles. The highest BCUT2D eigenvalue weighted by Gasteiger charge is 2.21. The number of amides is 2. The Morgan fingerprint density at radius 2 is 2.16 bits per heavy atom. The van der Waals surface area contributed by atoms with Gasteiger partial charge in [-0.25, -0.2) is 0 Å². The summed E-state index contributed by atoms with van der Waals surface area (Å²) in [6.45, 7) is 3.70. The zero-order valence-electron chi connectivity index (χ0n) is 14.5. The predicted octanol–water partition coefficient (Wildman–Crippen LogP) is 2.77. The number of benzene rings is 1. The molecule has 1 aromatic carbocycles. The van der Waals surface area contributed by atoms with Crippen LogP contribution in [0.15, 0.2) is 29.6 Å². The maximum absolute atomic E-state index is 12.4. The highest BCUT2D eigenvalue weighted by Crippen LogP contribution is 2.24. The maximum Gasteiger partial charge on any atom is 0.251 e. The van der Waals surface area contributed by atoms with Crippen LogP contribution in [0.3, 0.4) is 0 Å². The third kappa shape index (κ3) is 4.02. The van der Waals surface area contributed by atoms with E-state index in [-0.39, 0.29) is 11.8 Å². The molecular weight excluding hydrogens is 336 g/mol. The molecule has 0 atom stereocenters. The summed E-state index contributed by atoms with van der Waals surface area (Å²) in [7, 11) is 1.58. The van der Waals surface area contributed by atoms with Crippen LogP contribution < -0.4 is 10.1 Å². The van der Waals surface area contributed by atoms with E-state index in [4.69, 9.17) is 4.74 Å². The van der Waals surface area contributed by atoms with E-state index in [1.165, 1.54) is 10.4 Å². The molecule has 0 spiro atoms. The minimum absolute atomic E-state index is 0.0821. The van der Waals surface area contributed by atoms with E-state index in [0.29, 0.717) is 30.8 Å². The lowest BCUT2D eigenvalue weighted by molar-refractivity contribution is -0.131. The minimum atomic E-state index is -0.190. The average molecular weight is 358 g/mol. The van der Waals surface area contributed by atoms with Gasteiger partial charge >= 0.3 is 0 Å². The van der Waals surface area contributed by atoms with Crippen molar-refractivity contribution in [3.8, 4) is 5.75 Å². The van der Waals surface area contributed by atoms with Crippen LogP contribution >= 0.6 is 11.3 Å². The molecular formula is C19H22N2O3S. The zero-order valence-corrected chi connectivity index (χ0v) is 15.3. The summed E-state index contributed by atoms with van der Waals surface area (Å²) in [6, 6.07) is 7.42. The van der Waals surface area contributed by atoms with Crippen molar-refractivity contribution in [1.29, 1.82) is 0 Å². The molecule has 0 aliphatic carbocycles. The van der Waals surface area contributed by atoms with Crippen LogP contribution in [0.4, 0.5) is 0 Å². The molecule has 2 amide bonds. The van der Waals surface area contributed by atoms with Gasteiger partial charge in [0, 0.05) is 36.5 Å². The van der Waals surface area contributed by atoms with Crippen LogP contribution in [0.1, 0.15) is 32.8 Å². The molecule has 0 fully saturated rings. The van der Waals surface area contributed by atoms with E-state index < -0.39 is 0 Å². The number of nitrogens with one attached hydrogen (secondary N) is 1. The van der Waals surface area contributed by atoms with E-state index in [1.807, 2.05) is 17.9 Å². The first-order valence-electron chi connectivity index (χ1n) is 8.34. The minimum Gasteiger partial charge on any atom is -0.496 e. The van der Waals surface area contributed by atoms with Crippen molar-refractivity contribution in [2.45, 2.75) is 26.3 Å². The summed E-state index contributed by atoms with van der Waals surface area (Å²) >= 11 is 1.76. The number of nitrogens with zero attached hydrogens (tertiary/aromatic N) is 1. The van der Waals surface area contributed by atoms with E-state index in [0.717, 1.165) is 18.5 Å². The van der Waals surface area contributed by atoms with E-state index >= 15 is 0 Å². The molecule has 5 nitrogen and oxygen atoms in total. The predicted molar refractivity (Wildman–Crippen MR) is 98.1 cm³/mol. The number of ether oxygens (including phenoxy) is 1. The van der Waals surface area contributed by atoms with Crippen LogP contribution in [-0.4, -0.2) is 36.9 Å². The quantitative estimate of drug-likeness (QED) is 0.894. The zero-order chi connectivity index (χ0) is 17.8. The molecule has 0 saturated heterocycles. The normalized spacial score (nSPS) is 13.3. The van der Waals surface area contributed by atoms with Gasteiger partial charge in [0.1, 0.15) is 5.75 Å². The number of thiophene rings is 1. The second kappa shape index (κ2) is 7.70. The standard InChI is InChI=1S/C19H22N2O3S/c1-13-3-4-14(11-16(13)24-2)19(23)20-8-5-18(22)21-9-6-17-15(12-21)7-10-25-17/h3-4,7,10-11H,5-6,8-9,12H2,1-2H3,(H,20,23). The first-order valence-corrected chi connectivity index (χ1v) is 9.22. The highest BCUT2D eigenvalue weighted by atomic mass is 32.1. The van der Waals surface area contributed by atoms with Crippen LogP contribution in [0.2, 0.25) is 0 Å². The van der Waals surface area contributed by atoms with Crippen LogP contribution in [-0.2, 0) is 17.8 Å². The molecule has 0 saturated carbocycles. The van der Waals surface area contributed by atoms with E-state index in [9.17, 15) is 9.59 Å². The lowest BCUT2D eigenvalue weighted by Gasteiger charge is -2.27. The summed E-state index contributed by atoms with van der Waals surface area (Å²) in [5.74, 6) is 0.576. The smallest absolute Gasteiger partial charge is 0.251 e. The lowest BCUT2D eigenvalue weighted by Crippen LogP contribution is -2.37. The summed E-state index contributed by atoms with van der Waals surface area (Å²) in [4.78, 5) is 27.8. The van der Waals surface area contributed by atoms with Crippen molar-refractivity contribution in [3.05, 3.63) is 51.2 Å². The number of carbonyl (C=O) groups is 2. The molecule has 25 heavy (non-hydrogen) atoms. The van der Waals surface area contributed by atoms with Crippen LogP contribution in [0.5, 0.6) is 5.75 Å². The fraction of sp³-hybridized carbons (Fsp3) is 0.368. The summed E-state index contributed by atoms with van der Waals surface area (Å²) in [6.07, 6.45) is 1.24. The van der Waals surface area contributed by atoms with E-state index in [2.05, 4.69) is 16.8 Å². The fourth-order valence-corrected chi connectivity index (χ4v) is 3.86. The number of hydrogen-bond donors (Lipinski definition) is 1. The molecule has 0 radical (unpaired) electrons. The average Bonchev–Trinajstić information content (AvgIpc) is 3.09. The largest absolute Gasteiger partial charge is 0.496 e. The maximum atomic E-state index is 12.4. The van der Waals surface area contributed by atoms with E-state index in [1.54, 1.807) is 30.6 Å². The Kier molecular flexibility index (Phi) is 5.38. The molecule has 0 unspecified atom stereocenters. The van der Waals surface area contributed by atoms with Gasteiger partial charge in [-0.1, -0.05) is 6.07 Å². The van der Waals surface area contributed by atoms with Gasteiger partial charge in [-0.2, -0.15) is 0 Å². The second-order valence-electron chi connectivity index (χ2n) is 6.12. The third-order valence-electron chi connectivity index (χ3n) is 4.46. The second-order valence-corrected chi connectivity index (χ2v) is 7.13. The Morgan fingerprint density at radius 1 is 1.32 bits per heavy atom. The third-order valence-corrected chi connectivity index (χ3v) is 5.48. The SMILES string of the molecule is COc1cc(C(=O)NCCC(=O)N2CCc3sccc3C2)ccc1C. The Bertz CT molecular complexity index is 785. The van der Waals surface area contributed by atoms with Crippen molar-refractivity contribution in [2.75, 3.05) is 20.2 Å². The summed E-state index contributed by atoms with van der Waals surface area (Å²) < 4.78 is 5.24. The van der Waals surface area contributed by atoms with Gasteiger partial charge in [-0.05, 0) is 48.1 Å². The Morgan fingerprint density at radius 3 is 2.96 bits per heavy atom. The summed E-state index contributed by atoms with van der Waals surface area (Å²) in [5.41, 5.74) is 2.77. The van der Waals surface area contributed by atoms with Crippen molar-refractivity contribution in [1.82, 2.24) is 10.2 Å².